The van der Waals surface area contributed by atoms with Gasteiger partial charge in [0.05, 0.1) is 23.0 Å². The molecule has 0 radical (unpaired) electrons. The average molecular weight is 523 g/mol. The quantitative estimate of drug-likeness (QED) is 0.311. The van der Waals surface area contributed by atoms with E-state index in [1.165, 1.54) is 0 Å². The van der Waals surface area contributed by atoms with Crippen LogP contribution in [0.15, 0.2) is 76.5 Å². The Hall–Kier alpha value is -2.16. The summed E-state index contributed by atoms with van der Waals surface area (Å²) in [5.41, 5.74) is 0.836. The zero-order chi connectivity index (χ0) is 25.2. The highest BCUT2D eigenvalue weighted by molar-refractivity contribution is 8.07. The second-order valence-corrected chi connectivity index (χ2v) is 12.2. The summed E-state index contributed by atoms with van der Waals surface area (Å²) in [7, 11) is -3.34. The molecule has 0 spiro atoms. The van der Waals surface area contributed by atoms with Crippen molar-refractivity contribution in [1.82, 2.24) is 9.97 Å². The first-order valence-corrected chi connectivity index (χ1v) is 14.9. The largest absolute Gasteiger partial charge is 0.406 e. The number of hydrogen-bond acceptors (Lipinski definition) is 8. The third-order valence-electron chi connectivity index (χ3n) is 4.25. The second kappa shape index (κ2) is 13.1. The average Bonchev–Trinajstić information content (AvgIpc) is 2.80. The van der Waals surface area contributed by atoms with E-state index in [9.17, 15) is 8.42 Å². The Bertz CT molecular complexity index is 1130. The standard InChI is InChI=1S/C12H21N2O3PS.C12H10O2S/c1-6-15-18(19,16-7-2)17-11-8-10(5)13-12(14-11)9(3)4;13-15(14,11-7-3-1-4-8-11)12-9-5-2-6-10-12/h8-9H,6-7H2,1-5H3;1-10H. The van der Waals surface area contributed by atoms with Crippen molar-refractivity contribution in [1.29, 1.82) is 0 Å². The molecule has 34 heavy (non-hydrogen) atoms. The number of aryl methyl sites for hydroxylation is 1. The first kappa shape index (κ1) is 28.1. The highest BCUT2D eigenvalue weighted by atomic mass is 32.5. The van der Waals surface area contributed by atoms with Crippen LogP contribution in [0, 0.1) is 6.92 Å². The lowest BCUT2D eigenvalue weighted by atomic mass is 10.2. The van der Waals surface area contributed by atoms with E-state index < -0.39 is 16.6 Å². The number of nitrogens with zero attached hydrogens (tertiary/aromatic N) is 2. The number of benzene rings is 2. The second-order valence-electron chi connectivity index (χ2n) is 7.36. The van der Waals surface area contributed by atoms with Gasteiger partial charge in [0, 0.05) is 29.5 Å². The predicted octanol–water partition coefficient (Wildman–Crippen LogP) is 6.10. The molecule has 3 rings (SSSR count). The lowest BCUT2D eigenvalue weighted by Crippen LogP contribution is -2.06. The summed E-state index contributed by atoms with van der Waals surface area (Å²) < 4.78 is 40.6. The van der Waals surface area contributed by atoms with Crippen molar-refractivity contribution < 1.29 is 22.0 Å². The Morgan fingerprint density at radius 2 is 1.35 bits per heavy atom. The van der Waals surface area contributed by atoms with E-state index in [4.69, 9.17) is 25.4 Å². The molecule has 0 fully saturated rings. The molecule has 0 bridgehead atoms. The molecule has 10 heteroatoms. The molecular formula is C24H31N2O5PS2. The van der Waals surface area contributed by atoms with Crippen LogP contribution in [0.25, 0.3) is 0 Å². The molecule has 0 aliphatic rings. The lowest BCUT2D eigenvalue weighted by molar-refractivity contribution is 0.215. The first-order chi connectivity index (χ1) is 16.1. The minimum Gasteiger partial charge on any atom is -0.406 e. The number of aromatic nitrogens is 2. The van der Waals surface area contributed by atoms with Crippen LogP contribution in [0.4, 0.5) is 0 Å². The molecule has 0 aliphatic heterocycles. The smallest absolute Gasteiger partial charge is 0.381 e. The summed E-state index contributed by atoms with van der Waals surface area (Å²) in [5, 5.41) is 0. The van der Waals surface area contributed by atoms with Gasteiger partial charge in [0.1, 0.15) is 5.82 Å². The van der Waals surface area contributed by atoms with E-state index in [1.807, 2.05) is 34.6 Å². The van der Waals surface area contributed by atoms with E-state index in [0.29, 0.717) is 28.9 Å². The van der Waals surface area contributed by atoms with Gasteiger partial charge in [-0.3, -0.25) is 9.05 Å². The van der Waals surface area contributed by atoms with Crippen LogP contribution in [0.2, 0.25) is 0 Å². The monoisotopic (exact) mass is 522 g/mol. The maximum Gasteiger partial charge on any atom is 0.381 e. The third-order valence-corrected chi connectivity index (χ3v) is 8.45. The predicted molar refractivity (Wildman–Crippen MR) is 137 cm³/mol. The molecule has 0 saturated carbocycles. The van der Waals surface area contributed by atoms with Gasteiger partial charge < -0.3 is 4.52 Å². The molecule has 0 atom stereocenters. The number of rotatable bonds is 9. The first-order valence-electron chi connectivity index (χ1n) is 10.9. The van der Waals surface area contributed by atoms with Crippen molar-refractivity contribution in [3.8, 4) is 5.88 Å². The zero-order valence-corrected chi connectivity index (χ0v) is 22.6. The van der Waals surface area contributed by atoms with Gasteiger partial charge in [-0.15, -0.1) is 0 Å². The molecule has 1 heterocycles. The molecule has 2 aromatic carbocycles. The van der Waals surface area contributed by atoms with Crippen molar-refractivity contribution >= 4 is 28.4 Å². The van der Waals surface area contributed by atoms with Crippen molar-refractivity contribution in [3.63, 3.8) is 0 Å². The van der Waals surface area contributed by atoms with Crippen LogP contribution in [-0.2, 0) is 30.7 Å². The normalized spacial score (nSPS) is 11.6. The lowest BCUT2D eigenvalue weighted by Gasteiger charge is -2.20. The Labute approximate surface area is 207 Å². The topological polar surface area (TPSA) is 87.6 Å². The Balaban J connectivity index is 0.000000246. The van der Waals surface area contributed by atoms with Crippen LogP contribution in [0.5, 0.6) is 5.88 Å². The van der Waals surface area contributed by atoms with Crippen LogP contribution in [0.3, 0.4) is 0 Å². The van der Waals surface area contributed by atoms with Crippen LogP contribution < -0.4 is 4.52 Å². The van der Waals surface area contributed by atoms with Gasteiger partial charge in [0.2, 0.25) is 15.7 Å². The maximum atomic E-state index is 12.0. The highest BCUT2D eigenvalue weighted by Gasteiger charge is 2.22. The molecule has 0 saturated heterocycles. The fourth-order valence-corrected chi connectivity index (χ4v) is 6.02. The molecule has 0 unspecified atom stereocenters. The van der Waals surface area contributed by atoms with Gasteiger partial charge in [-0.2, -0.15) is 4.98 Å². The fourth-order valence-electron chi connectivity index (χ4n) is 2.72. The molecular weight excluding hydrogens is 491 g/mol. The Kier molecular flexibility index (Phi) is 10.8. The van der Waals surface area contributed by atoms with Crippen molar-refractivity contribution in [2.75, 3.05) is 13.2 Å². The summed E-state index contributed by atoms with van der Waals surface area (Å²) in [4.78, 5) is 9.37. The van der Waals surface area contributed by atoms with Gasteiger partial charge in [0.15, 0.2) is 0 Å². The van der Waals surface area contributed by atoms with E-state index in [1.54, 1.807) is 66.7 Å². The fraction of sp³-hybridized carbons (Fsp3) is 0.333. The summed E-state index contributed by atoms with van der Waals surface area (Å²) in [6.07, 6.45) is 0. The van der Waals surface area contributed by atoms with Crippen molar-refractivity contribution in [2.45, 2.75) is 50.3 Å². The van der Waals surface area contributed by atoms with Gasteiger partial charge >= 0.3 is 6.72 Å². The van der Waals surface area contributed by atoms with Gasteiger partial charge in [-0.25, -0.2) is 13.4 Å². The number of hydrogen-bond donors (Lipinski definition) is 0. The summed E-state index contributed by atoms with van der Waals surface area (Å²) in [5.74, 6) is 1.37. The molecule has 0 N–H and O–H groups in total. The van der Waals surface area contributed by atoms with E-state index >= 15 is 0 Å². The van der Waals surface area contributed by atoms with Crippen molar-refractivity contribution in [2.24, 2.45) is 0 Å². The van der Waals surface area contributed by atoms with Gasteiger partial charge in [0.25, 0.3) is 0 Å². The van der Waals surface area contributed by atoms with Crippen LogP contribution in [0.1, 0.15) is 45.1 Å². The Morgan fingerprint density at radius 3 is 1.76 bits per heavy atom. The molecule has 3 aromatic rings. The summed E-state index contributed by atoms with van der Waals surface area (Å²) in [6, 6.07) is 18.6. The summed E-state index contributed by atoms with van der Waals surface area (Å²) >= 11 is 5.32. The number of sulfone groups is 1. The highest BCUT2D eigenvalue weighted by Crippen LogP contribution is 2.49. The molecule has 7 nitrogen and oxygen atoms in total. The van der Waals surface area contributed by atoms with E-state index in [0.717, 1.165) is 11.5 Å². The van der Waals surface area contributed by atoms with Gasteiger partial charge in [-0.1, -0.05) is 50.2 Å². The SMILES string of the molecule is CCOP(=S)(OCC)Oc1cc(C)nc(C(C)C)n1.O=S(=O)(c1ccccc1)c1ccccc1. The van der Waals surface area contributed by atoms with Crippen molar-refractivity contribution in [3.05, 3.63) is 78.2 Å². The summed E-state index contributed by atoms with van der Waals surface area (Å²) in [6.45, 7) is 7.78. The van der Waals surface area contributed by atoms with Gasteiger partial charge in [-0.05, 0) is 45.0 Å². The van der Waals surface area contributed by atoms with E-state index in [2.05, 4.69) is 9.97 Å². The Morgan fingerprint density at radius 1 is 0.882 bits per heavy atom. The minimum atomic E-state index is -3.34. The van der Waals surface area contributed by atoms with E-state index in [-0.39, 0.29) is 5.92 Å². The third kappa shape index (κ3) is 8.25. The zero-order valence-electron chi connectivity index (χ0n) is 20.0. The molecule has 184 valence electrons. The molecule has 1 aromatic heterocycles. The minimum absolute atomic E-state index is 0.222. The molecule has 0 aliphatic carbocycles. The maximum absolute atomic E-state index is 12.0. The van der Waals surface area contributed by atoms with Crippen LogP contribution in [-0.4, -0.2) is 31.6 Å². The van der Waals surface area contributed by atoms with Crippen LogP contribution >= 0.6 is 6.72 Å². The molecule has 0 amide bonds.